The van der Waals surface area contributed by atoms with Crippen molar-refractivity contribution in [1.82, 2.24) is 14.9 Å². The van der Waals surface area contributed by atoms with Gasteiger partial charge in [0.05, 0.1) is 11.3 Å². The molecule has 1 saturated heterocycles. The van der Waals surface area contributed by atoms with Gasteiger partial charge in [-0.25, -0.2) is 9.78 Å². The number of nitrogens with one attached hydrogen (secondary N) is 2. The lowest BCUT2D eigenvalue weighted by molar-refractivity contribution is 0.0206. The number of likely N-dealkylation sites (tertiary alicyclic amines) is 1. The number of aromatic amines is 1. The van der Waals surface area contributed by atoms with Crippen molar-refractivity contribution in [3.8, 4) is 6.07 Å². The highest BCUT2D eigenvalue weighted by Gasteiger charge is 2.28. The van der Waals surface area contributed by atoms with Crippen LogP contribution in [0.15, 0.2) is 18.5 Å². The fourth-order valence-corrected chi connectivity index (χ4v) is 3.04. The van der Waals surface area contributed by atoms with Crippen LogP contribution in [0.1, 0.15) is 39.2 Å². The highest BCUT2D eigenvalue weighted by molar-refractivity contribution is 5.92. The second-order valence-electron chi connectivity index (χ2n) is 7.31. The zero-order chi connectivity index (χ0) is 18.0. The third kappa shape index (κ3) is 3.85. The van der Waals surface area contributed by atoms with Crippen LogP contribution in [0.3, 0.4) is 0 Å². The van der Waals surface area contributed by atoms with Crippen LogP contribution in [0, 0.1) is 11.3 Å². The van der Waals surface area contributed by atoms with Crippen molar-refractivity contribution < 1.29 is 9.53 Å². The molecule has 3 heterocycles. The summed E-state index contributed by atoms with van der Waals surface area (Å²) in [6, 6.07) is 4.15. The minimum atomic E-state index is -0.506. The normalized spacial score (nSPS) is 18.0. The second kappa shape index (κ2) is 6.63. The summed E-state index contributed by atoms with van der Waals surface area (Å²) < 4.78 is 5.47. The Morgan fingerprint density at radius 1 is 1.52 bits per heavy atom. The molecule has 2 aromatic heterocycles. The van der Waals surface area contributed by atoms with Gasteiger partial charge in [-0.3, -0.25) is 0 Å². The van der Waals surface area contributed by atoms with E-state index in [1.807, 2.05) is 26.8 Å². The van der Waals surface area contributed by atoms with Crippen molar-refractivity contribution in [2.45, 2.75) is 45.3 Å². The van der Waals surface area contributed by atoms with Crippen LogP contribution in [0.25, 0.3) is 11.0 Å². The lowest BCUT2D eigenvalue weighted by atomic mass is 10.0. The highest BCUT2D eigenvalue weighted by Crippen LogP contribution is 2.27. The number of ether oxygens (including phenoxy) is 1. The Hall–Kier alpha value is -2.75. The molecule has 0 radical (unpaired) electrons. The largest absolute Gasteiger partial charge is 0.444 e. The predicted octanol–water partition coefficient (Wildman–Crippen LogP) is 3.25. The monoisotopic (exact) mass is 341 g/mol. The number of amides is 1. The minimum Gasteiger partial charge on any atom is -0.444 e. The van der Waals surface area contributed by atoms with Gasteiger partial charge < -0.3 is 19.9 Å². The molecular weight excluding hydrogens is 318 g/mol. The molecule has 0 spiro atoms. The SMILES string of the molecule is CC(C)(C)OC(=O)N1CCC[C@@H](Nc2c(C#N)cnc3[nH]ccc23)C1. The number of hydrogen-bond donors (Lipinski definition) is 2. The fraction of sp³-hybridized carbons (Fsp3) is 0.500. The number of carbonyl (C=O) groups is 1. The molecule has 0 saturated carbocycles. The standard InChI is InChI=1S/C18H23N5O2/c1-18(2,3)25-17(24)23-8-4-5-13(11-23)22-15-12(9-19)10-21-16-14(15)6-7-20-16/h6-7,10,13H,4-5,8,11H2,1-3H3,(H2,20,21,22)/t13-/m1/s1. The minimum absolute atomic E-state index is 0.0638. The maximum absolute atomic E-state index is 12.3. The molecule has 3 rings (SSSR count). The Morgan fingerprint density at radius 2 is 2.32 bits per heavy atom. The Kier molecular flexibility index (Phi) is 4.53. The number of pyridine rings is 1. The van der Waals surface area contributed by atoms with Crippen LogP contribution < -0.4 is 5.32 Å². The summed E-state index contributed by atoms with van der Waals surface area (Å²) in [6.45, 7) is 6.83. The second-order valence-corrected chi connectivity index (χ2v) is 7.31. The van der Waals surface area contributed by atoms with E-state index in [1.54, 1.807) is 17.3 Å². The van der Waals surface area contributed by atoms with Gasteiger partial charge in [0.15, 0.2) is 0 Å². The molecule has 1 aliphatic rings. The molecule has 7 nitrogen and oxygen atoms in total. The Morgan fingerprint density at radius 3 is 3.04 bits per heavy atom. The Bertz CT molecular complexity index is 815. The number of hydrogen-bond acceptors (Lipinski definition) is 5. The van der Waals surface area contributed by atoms with Gasteiger partial charge in [0.25, 0.3) is 0 Å². The van der Waals surface area contributed by atoms with E-state index in [4.69, 9.17) is 4.74 Å². The van der Waals surface area contributed by atoms with Crippen molar-refractivity contribution in [1.29, 1.82) is 5.26 Å². The number of H-pyrrole nitrogens is 1. The van der Waals surface area contributed by atoms with E-state index in [0.29, 0.717) is 18.7 Å². The van der Waals surface area contributed by atoms with Gasteiger partial charge in [0.1, 0.15) is 17.3 Å². The summed E-state index contributed by atoms with van der Waals surface area (Å²) in [7, 11) is 0. The number of fused-ring (bicyclic) bond motifs is 1. The molecule has 0 aromatic carbocycles. The van der Waals surface area contributed by atoms with Gasteiger partial charge in [-0.1, -0.05) is 0 Å². The molecule has 1 fully saturated rings. The first-order valence-electron chi connectivity index (χ1n) is 8.48. The molecule has 0 bridgehead atoms. The summed E-state index contributed by atoms with van der Waals surface area (Å²) in [6.07, 6.45) is 4.90. The number of rotatable bonds is 2. The summed E-state index contributed by atoms with van der Waals surface area (Å²) in [4.78, 5) is 21.3. The molecule has 25 heavy (non-hydrogen) atoms. The third-order valence-corrected chi connectivity index (χ3v) is 4.13. The highest BCUT2D eigenvalue weighted by atomic mass is 16.6. The van der Waals surface area contributed by atoms with Crippen LogP contribution in [-0.2, 0) is 4.74 Å². The topological polar surface area (TPSA) is 94.0 Å². The number of nitriles is 1. The smallest absolute Gasteiger partial charge is 0.410 e. The average molecular weight is 341 g/mol. The zero-order valence-corrected chi connectivity index (χ0v) is 14.8. The molecule has 0 unspecified atom stereocenters. The van der Waals surface area contributed by atoms with E-state index >= 15 is 0 Å². The van der Waals surface area contributed by atoms with E-state index in [9.17, 15) is 10.1 Å². The summed E-state index contributed by atoms with van der Waals surface area (Å²) in [5.74, 6) is 0. The van der Waals surface area contributed by atoms with Gasteiger partial charge in [0, 0.05) is 36.9 Å². The van der Waals surface area contributed by atoms with Gasteiger partial charge in [-0.05, 0) is 39.7 Å². The molecule has 1 amide bonds. The van der Waals surface area contributed by atoms with Gasteiger partial charge in [-0.2, -0.15) is 5.26 Å². The van der Waals surface area contributed by atoms with E-state index in [1.165, 1.54) is 0 Å². The van der Waals surface area contributed by atoms with Crippen LogP contribution in [0.2, 0.25) is 0 Å². The van der Waals surface area contributed by atoms with Crippen molar-refractivity contribution in [2.75, 3.05) is 18.4 Å². The molecule has 2 aromatic rings. The molecule has 1 aliphatic heterocycles. The summed E-state index contributed by atoms with van der Waals surface area (Å²) in [5.41, 5.74) is 1.50. The first-order valence-corrected chi connectivity index (χ1v) is 8.48. The third-order valence-electron chi connectivity index (χ3n) is 4.13. The lowest BCUT2D eigenvalue weighted by Crippen LogP contribution is -2.47. The van der Waals surface area contributed by atoms with Gasteiger partial charge >= 0.3 is 6.09 Å². The van der Waals surface area contributed by atoms with Gasteiger partial charge in [-0.15, -0.1) is 0 Å². The first-order chi connectivity index (χ1) is 11.9. The maximum atomic E-state index is 12.3. The molecule has 2 N–H and O–H groups in total. The van der Waals surface area contributed by atoms with E-state index in [0.717, 1.165) is 29.6 Å². The Balaban J connectivity index is 1.76. The zero-order valence-electron chi connectivity index (χ0n) is 14.8. The van der Waals surface area contributed by atoms with Crippen molar-refractivity contribution >= 4 is 22.8 Å². The van der Waals surface area contributed by atoms with Crippen LogP contribution in [-0.4, -0.2) is 45.7 Å². The van der Waals surface area contributed by atoms with E-state index < -0.39 is 5.60 Å². The summed E-state index contributed by atoms with van der Waals surface area (Å²) >= 11 is 0. The fourth-order valence-electron chi connectivity index (χ4n) is 3.04. The van der Waals surface area contributed by atoms with Crippen molar-refractivity contribution in [3.05, 3.63) is 24.0 Å². The quantitative estimate of drug-likeness (QED) is 0.874. The predicted molar refractivity (Wildman–Crippen MR) is 95.3 cm³/mol. The van der Waals surface area contributed by atoms with Crippen LogP contribution in [0.4, 0.5) is 10.5 Å². The van der Waals surface area contributed by atoms with Crippen LogP contribution >= 0.6 is 0 Å². The number of carbonyl (C=O) groups excluding carboxylic acids is 1. The average Bonchev–Trinajstić information content (AvgIpc) is 3.03. The lowest BCUT2D eigenvalue weighted by Gasteiger charge is -2.35. The number of aromatic nitrogens is 2. The van der Waals surface area contributed by atoms with E-state index in [-0.39, 0.29) is 12.1 Å². The van der Waals surface area contributed by atoms with Crippen LogP contribution in [0.5, 0.6) is 0 Å². The Labute approximate surface area is 147 Å². The maximum Gasteiger partial charge on any atom is 0.410 e. The molecule has 132 valence electrons. The van der Waals surface area contributed by atoms with Gasteiger partial charge in [0.2, 0.25) is 0 Å². The summed E-state index contributed by atoms with van der Waals surface area (Å²) in [5, 5.41) is 13.7. The molecule has 0 aliphatic carbocycles. The molecular formula is C18H23N5O2. The number of piperidine rings is 1. The van der Waals surface area contributed by atoms with Crippen molar-refractivity contribution in [2.24, 2.45) is 0 Å². The van der Waals surface area contributed by atoms with E-state index in [2.05, 4.69) is 21.4 Å². The number of anilines is 1. The molecule has 7 heteroatoms. The molecule has 1 atom stereocenters. The number of nitrogens with zero attached hydrogens (tertiary/aromatic N) is 3. The first kappa shape index (κ1) is 17.1. The van der Waals surface area contributed by atoms with Crippen molar-refractivity contribution in [3.63, 3.8) is 0 Å².